The van der Waals surface area contributed by atoms with Crippen molar-refractivity contribution in [1.82, 2.24) is 15.3 Å². The van der Waals surface area contributed by atoms with Gasteiger partial charge in [-0.05, 0) is 70.3 Å². The zero-order valence-corrected chi connectivity index (χ0v) is 19.6. The van der Waals surface area contributed by atoms with E-state index in [4.69, 9.17) is 9.82 Å². The maximum Gasteiger partial charge on any atom is 0.225 e. The van der Waals surface area contributed by atoms with E-state index < -0.39 is 0 Å². The number of anilines is 3. The quantitative estimate of drug-likeness (QED) is 0.374. The Hall–Kier alpha value is -2.12. The molecule has 2 aliphatic rings. The highest BCUT2D eigenvalue weighted by Crippen LogP contribution is 2.27. The van der Waals surface area contributed by atoms with Gasteiger partial charge in [-0.25, -0.2) is 4.98 Å². The number of rotatable bonds is 11. The van der Waals surface area contributed by atoms with Gasteiger partial charge < -0.3 is 16.0 Å². The van der Waals surface area contributed by atoms with Crippen LogP contribution in [0, 0.1) is 5.92 Å². The molecule has 0 aliphatic heterocycles. The average molecular weight is 429 g/mol. The second-order valence-electron chi connectivity index (χ2n) is 8.88. The highest BCUT2D eigenvalue weighted by atomic mass is 16.6. The summed E-state index contributed by atoms with van der Waals surface area (Å²) in [4.78, 5) is 14.3. The standard InChI is InChI=1S/C24H40N6O/c1-5-18(3)28-21-12-10-19(11-13-21)14-25-23-22(30-31-4)16-27-24(29-23)26-15-20-9-7-6-8-17(20)2/h8-9,16,18-19,21,28,30H,5-7,10-15H2,1-4H3,(H2,25,26,27,29). The Labute approximate surface area is 187 Å². The van der Waals surface area contributed by atoms with Crippen molar-refractivity contribution in [2.75, 3.05) is 36.3 Å². The molecule has 3 rings (SSSR count). The summed E-state index contributed by atoms with van der Waals surface area (Å²) in [6, 6.07) is 1.27. The molecule has 1 heterocycles. The lowest BCUT2D eigenvalue weighted by Gasteiger charge is -2.31. The van der Waals surface area contributed by atoms with Crippen molar-refractivity contribution in [3.8, 4) is 0 Å². The normalized spacial score (nSPS) is 22.3. The molecule has 0 spiro atoms. The monoisotopic (exact) mass is 428 g/mol. The van der Waals surface area contributed by atoms with Gasteiger partial charge in [0.05, 0.1) is 13.3 Å². The van der Waals surface area contributed by atoms with Crippen LogP contribution in [-0.4, -0.2) is 42.3 Å². The molecular formula is C24H40N6O. The zero-order valence-electron chi connectivity index (χ0n) is 19.6. The number of hydrogen-bond acceptors (Lipinski definition) is 7. The summed E-state index contributed by atoms with van der Waals surface area (Å²) in [5.74, 6) is 2.07. The summed E-state index contributed by atoms with van der Waals surface area (Å²) in [6.45, 7) is 8.35. The number of nitrogens with zero attached hydrogens (tertiary/aromatic N) is 2. The van der Waals surface area contributed by atoms with E-state index in [1.165, 1.54) is 43.3 Å². The lowest BCUT2D eigenvalue weighted by atomic mass is 9.85. The van der Waals surface area contributed by atoms with Gasteiger partial charge in [-0.15, -0.1) is 0 Å². The van der Waals surface area contributed by atoms with Gasteiger partial charge in [0.1, 0.15) is 5.69 Å². The third kappa shape index (κ3) is 7.21. The summed E-state index contributed by atoms with van der Waals surface area (Å²) in [7, 11) is 1.60. The molecule has 1 aromatic heterocycles. The lowest BCUT2D eigenvalue weighted by Crippen LogP contribution is -2.39. The Morgan fingerprint density at radius 1 is 1.13 bits per heavy atom. The van der Waals surface area contributed by atoms with Crippen molar-refractivity contribution in [1.29, 1.82) is 0 Å². The van der Waals surface area contributed by atoms with Crippen LogP contribution in [0.3, 0.4) is 0 Å². The van der Waals surface area contributed by atoms with Crippen LogP contribution in [0.4, 0.5) is 17.5 Å². The van der Waals surface area contributed by atoms with Crippen molar-refractivity contribution in [3.63, 3.8) is 0 Å². The van der Waals surface area contributed by atoms with Crippen LogP contribution in [0.15, 0.2) is 29.5 Å². The predicted molar refractivity (Wildman–Crippen MR) is 129 cm³/mol. The predicted octanol–water partition coefficient (Wildman–Crippen LogP) is 4.89. The number of nitrogens with one attached hydrogen (secondary N) is 4. The van der Waals surface area contributed by atoms with E-state index in [1.807, 2.05) is 0 Å². The molecule has 0 amide bonds. The minimum absolute atomic E-state index is 0.609. The van der Waals surface area contributed by atoms with Crippen LogP contribution >= 0.6 is 0 Å². The Morgan fingerprint density at radius 3 is 2.61 bits per heavy atom. The van der Waals surface area contributed by atoms with E-state index in [2.05, 4.69) is 59.3 Å². The molecule has 7 nitrogen and oxygen atoms in total. The summed E-state index contributed by atoms with van der Waals surface area (Å²) < 4.78 is 0. The number of aromatic nitrogens is 2. The van der Waals surface area contributed by atoms with Crippen LogP contribution in [0.25, 0.3) is 0 Å². The van der Waals surface area contributed by atoms with E-state index in [0.717, 1.165) is 37.4 Å². The Balaban J connectivity index is 1.53. The molecule has 1 saturated carbocycles. The third-order valence-electron chi connectivity index (χ3n) is 6.49. The zero-order chi connectivity index (χ0) is 22.1. The van der Waals surface area contributed by atoms with Gasteiger partial charge in [0.2, 0.25) is 5.95 Å². The molecule has 1 atom stereocenters. The third-order valence-corrected chi connectivity index (χ3v) is 6.49. The first kappa shape index (κ1) is 23.5. The van der Waals surface area contributed by atoms with Crippen LogP contribution < -0.4 is 21.4 Å². The summed E-state index contributed by atoms with van der Waals surface area (Å²) in [6.07, 6.45) is 14.8. The molecule has 0 radical (unpaired) electrons. The molecule has 4 N–H and O–H groups in total. The largest absolute Gasteiger partial charge is 0.368 e. The molecule has 0 saturated heterocycles. The van der Waals surface area contributed by atoms with Crippen molar-refractivity contribution in [2.45, 2.75) is 77.8 Å². The molecule has 1 unspecified atom stereocenters. The fourth-order valence-corrected chi connectivity index (χ4v) is 4.32. The second-order valence-corrected chi connectivity index (χ2v) is 8.88. The minimum Gasteiger partial charge on any atom is -0.368 e. The maximum atomic E-state index is 5.12. The van der Waals surface area contributed by atoms with Crippen LogP contribution in [0.1, 0.15) is 65.7 Å². The molecule has 1 aromatic rings. The fraction of sp³-hybridized carbons (Fsp3) is 0.667. The van der Waals surface area contributed by atoms with Gasteiger partial charge in [0.15, 0.2) is 5.82 Å². The van der Waals surface area contributed by atoms with Gasteiger partial charge >= 0.3 is 0 Å². The summed E-state index contributed by atoms with van der Waals surface area (Å²) >= 11 is 0. The Kier molecular flexibility index (Phi) is 9.15. The first-order valence-corrected chi connectivity index (χ1v) is 11.8. The van der Waals surface area contributed by atoms with Crippen molar-refractivity contribution in [3.05, 3.63) is 29.5 Å². The van der Waals surface area contributed by atoms with Crippen LogP contribution in [-0.2, 0) is 4.84 Å². The van der Waals surface area contributed by atoms with E-state index in [1.54, 1.807) is 13.3 Å². The molecule has 7 heteroatoms. The summed E-state index contributed by atoms with van der Waals surface area (Å²) in [5.41, 5.74) is 6.32. The summed E-state index contributed by atoms with van der Waals surface area (Å²) in [5, 5.41) is 10.7. The smallest absolute Gasteiger partial charge is 0.225 e. The van der Waals surface area contributed by atoms with Crippen molar-refractivity contribution < 1.29 is 4.84 Å². The van der Waals surface area contributed by atoms with Crippen molar-refractivity contribution >= 4 is 17.5 Å². The average Bonchev–Trinajstić information content (AvgIpc) is 2.79. The van der Waals surface area contributed by atoms with Gasteiger partial charge in [0, 0.05) is 25.2 Å². The second kappa shape index (κ2) is 12.1. The highest BCUT2D eigenvalue weighted by Gasteiger charge is 2.22. The first-order chi connectivity index (χ1) is 15.1. The molecule has 1 fully saturated rings. The van der Waals surface area contributed by atoms with Gasteiger partial charge in [-0.3, -0.25) is 10.3 Å². The SMILES string of the molecule is CCC(C)NC1CCC(CNc2nc(NCC3=CCCC=C3C)ncc2NOC)CC1. The maximum absolute atomic E-state index is 5.12. The fourth-order valence-electron chi connectivity index (χ4n) is 4.32. The van der Waals surface area contributed by atoms with Crippen LogP contribution in [0.5, 0.6) is 0 Å². The van der Waals surface area contributed by atoms with E-state index in [0.29, 0.717) is 23.9 Å². The van der Waals surface area contributed by atoms with E-state index >= 15 is 0 Å². The van der Waals surface area contributed by atoms with E-state index in [9.17, 15) is 0 Å². The number of hydrogen-bond donors (Lipinski definition) is 4. The van der Waals surface area contributed by atoms with Crippen LogP contribution in [0.2, 0.25) is 0 Å². The Bertz CT molecular complexity index is 754. The minimum atomic E-state index is 0.609. The van der Waals surface area contributed by atoms with E-state index in [-0.39, 0.29) is 0 Å². The van der Waals surface area contributed by atoms with Crippen molar-refractivity contribution in [2.24, 2.45) is 5.92 Å². The molecule has 172 valence electrons. The Morgan fingerprint density at radius 2 is 1.90 bits per heavy atom. The lowest BCUT2D eigenvalue weighted by molar-refractivity contribution is 0.270. The molecule has 2 aliphatic carbocycles. The first-order valence-electron chi connectivity index (χ1n) is 11.8. The topological polar surface area (TPSA) is 83.1 Å². The van der Waals surface area contributed by atoms with Gasteiger partial charge in [-0.2, -0.15) is 4.98 Å². The van der Waals surface area contributed by atoms with Gasteiger partial charge in [0.25, 0.3) is 0 Å². The molecule has 0 aromatic carbocycles. The number of allylic oxidation sites excluding steroid dienone is 2. The molecule has 0 bridgehead atoms. The highest BCUT2D eigenvalue weighted by molar-refractivity contribution is 5.63. The molecular weight excluding hydrogens is 388 g/mol. The molecule has 31 heavy (non-hydrogen) atoms. The van der Waals surface area contributed by atoms with Gasteiger partial charge in [-0.1, -0.05) is 24.6 Å².